The topological polar surface area (TPSA) is 75.7 Å². The normalized spacial score (nSPS) is 12.8. The van der Waals surface area contributed by atoms with E-state index in [0.29, 0.717) is 12.2 Å². The predicted molar refractivity (Wildman–Crippen MR) is 48.3 cm³/mol. The second-order valence-corrected chi connectivity index (χ2v) is 2.98. The number of benzene rings is 1. The number of aromatic hydroxyl groups is 2. The van der Waals surface area contributed by atoms with Crippen molar-refractivity contribution in [3.8, 4) is 11.5 Å². The first kappa shape index (κ1) is 9.83. The summed E-state index contributed by atoms with van der Waals surface area (Å²) in [5.74, 6) is 5.13. The standard InChI is InChI=1S/C9H13NO3/c1-6(5-13-10)8-4-7(11)2-3-9(8)12/h2-4,6,11-12H,5,10H2,1H3. The first-order valence-electron chi connectivity index (χ1n) is 3.98. The lowest BCUT2D eigenvalue weighted by Crippen LogP contribution is -2.08. The maximum Gasteiger partial charge on any atom is 0.119 e. The number of phenols is 2. The van der Waals surface area contributed by atoms with Crippen LogP contribution < -0.4 is 5.90 Å². The van der Waals surface area contributed by atoms with Gasteiger partial charge in [-0.05, 0) is 18.2 Å². The van der Waals surface area contributed by atoms with E-state index in [-0.39, 0.29) is 17.4 Å². The Morgan fingerprint density at radius 1 is 1.46 bits per heavy atom. The van der Waals surface area contributed by atoms with Gasteiger partial charge in [0.1, 0.15) is 11.5 Å². The molecule has 0 radical (unpaired) electrons. The fourth-order valence-corrected chi connectivity index (χ4v) is 1.17. The zero-order chi connectivity index (χ0) is 9.84. The Kier molecular flexibility index (Phi) is 3.11. The minimum Gasteiger partial charge on any atom is -0.508 e. The molecule has 0 aliphatic carbocycles. The molecule has 1 aromatic rings. The van der Waals surface area contributed by atoms with E-state index in [9.17, 15) is 10.2 Å². The lowest BCUT2D eigenvalue weighted by Gasteiger charge is -2.11. The summed E-state index contributed by atoms with van der Waals surface area (Å²) in [7, 11) is 0. The Bertz CT molecular complexity index is 288. The Morgan fingerprint density at radius 3 is 2.77 bits per heavy atom. The van der Waals surface area contributed by atoms with Gasteiger partial charge >= 0.3 is 0 Å². The molecule has 4 N–H and O–H groups in total. The highest BCUT2D eigenvalue weighted by atomic mass is 16.6. The molecule has 0 heterocycles. The van der Waals surface area contributed by atoms with Crippen molar-refractivity contribution in [2.75, 3.05) is 6.61 Å². The number of rotatable bonds is 3. The van der Waals surface area contributed by atoms with Gasteiger partial charge in [0.2, 0.25) is 0 Å². The second-order valence-electron chi connectivity index (χ2n) is 2.98. The summed E-state index contributed by atoms with van der Waals surface area (Å²) in [4.78, 5) is 4.46. The first-order chi connectivity index (χ1) is 6.15. The van der Waals surface area contributed by atoms with Gasteiger partial charge in [0.15, 0.2) is 0 Å². The second kappa shape index (κ2) is 4.11. The smallest absolute Gasteiger partial charge is 0.119 e. The highest BCUT2D eigenvalue weighted by Crippen LogP contribution is 2.28. The van der Waals surface area contributed by atoms with Crippen molar-refractivity contribution < 1.29 is 15.1 Å². The molecule has 13 heavy (non-hydrogen) atoms. The molecule has 1 unspecified atom stereocenters. The summed E-state index contributed by atoms with van der Waals surface area (Å²) in [6, 6.07) is 4.37. The van der Waals surface area contributed by atoms with E-state index in [1.807, 2.05) is 6.92 Å². The zero-order valence-electron chi connectivity index (χ0n) is 7.40. The SMILES string of the molecule is CC(CON)c1cc(O)ccc1O. The van der Waals surface area contributed by atoms with Gasteiger partial charge in [0.05, 0.1) is 6.61 Å². The van der Waals surface area contributed by atoms with E-state index in [0.717, 1.165) is 0 Å². The van der Waals surface area contributed by atoms with Crippen molar-refractivity contribution in [3.63, 3.8) is 0 Å². The molecule has 0 aliphatic rings. The van der Waals surface area contributed by atoms with Crippen molar-refractivity contribution in [3.05, 3.63) is 23.8 Å². The summed E-state index contributed by atoms with van der Waals surface area (Å²) in [5.41, 5.74) is 0.630. The van der Waals surface area contributed by atoms with Gasteiger partial charge in [-0.1, -0.05) is 6.92 Å². The Morgan fingerprint density at radius 2 is 2.15 bits per heavy atom. The van der Waals surface area contributed by atoms with Crippen molar-refractivity contribution in [1.82, 2.24) is 0 Å². The van der Waals surface area contributed by atoms with Gasteiger partial charge < -0.3 is 15.1 Å². The Hall–Kier alpha value is -1.26. The van der Waals surface area contributed by atoms with Crippen LogP contribution in [0.1, 0.15) is 18.4 Å². The van der Waals surface area contributed by atoms with Crippen LogP contribution in [0.5, 0.6) is 11.5 Å². The van der Waals surface area contributed by atoms with E-state index in [2.05, 4.69) is 4.84 Å². The summed E-state index contributed by atoms with van der Waals surface area (Å²) < 4.78 is 0. The van der Waals surface area contributed by atoms with Crippen LogP contribution in [0.2, 0.25) is 0 Å². The van der Waals surface area contributed by atoms with Crippen LogP contribution in [0.25, 0.3) is 0 Å². The predicted octanol–water partition coefficient (Wildman–Crippen LogP) is 1.09. The molecule has 0 aromatic heterocycles. The summed E-state index contributed by atoms with van der Waals surface area (Å²) in [6.45, 7) is 2.15. The van der Waals surface area contributed by atoms with Crippen molar-refractivity contribution >= 4 is 0 Å². The molecular weight excluding hydrogens is 170 g/mol. The number of hydrogen-bond donors (Lipinski definition) is 3. The molecule has 4 nitrogen and oxygen atoms in total. The van der Waals surface area contributed by atoms with Gasteiger partial charge in [0.25, 0.3) is 0 Å². The third kappa shape index (κ3) is 2.34. The van der Waals surface area contributed by atoms with Crippen molar-refractivity contribution in [2.45, 2.75) is 12.8 Å². The summed E-state index contributed by atoms with van der Waals surface area (Å²) in [6.07, 6.45) is 0. The van der Waals surface area contributed by atoms with Crippen LogP contribution in [0.15, 0.2) is 18.2 Å². The average Bonchev–Trinajstić information content (AvgIpc) is 2.09. The summed E-state index contributed by atoms with van der Waals surface area (Å²) in [5, 5.41) is 18.6. The molecule has 1 atom stereocenters. The number of phenolic OH excluding ortho intramolecular Hbond substituents is 2. The first-order valence-corrected chi connectivity index (χ1v) is 3.98. The zero-order valence-corrected chi connectivity index (χ0v) is 7.40. The minimum atomic E-state index is -0.0444. The molecular formula is C9H13NO3. The molecule has 0 aliphatic heterocycles. The van der Waals surface area contributed by atoms with Gasteiger partial charge in [0, 0.05) is 11.5 Å². The highest BCUT2D eigenvalue weighted by molar-refractivity contribution is 5.40. The van der Waals surface area contributed by atoms with Gasteiger partial charge in [-0.15, -0.1) is 0 Å². The van der Waals surface area contributed by atoms with Crippen LogP contribution in [0.4, 0.5) is 0 Å². The number of nitrogens with two attached hydrogens (primary N) is 1. The van der Waals surface area contributed by atoms with Crippen LogP contribution in [0.3, 0.4) is 0 Å². The van der Waals surface area contributed by atoms with Crippen molar-refractivity contribution in [1.29, 1.82) is 0 Å². The van der Waals surface area contributed by atoms with Gasteiger partial charge in [-0.3, -0.25) is 0 Å². The molecule has 0 saturated heterocycles. The third-order valence-corrected chi connectivity index (χ3v) is 1.89. The fourth-order valence-electron chi connectivity index (χ4n) is 1.17. The molecule has 0 amide bonds. The molecule has 0 fully saturated rings. The van der Waals surface area contributed by atoms with Crippen LogP contribution >= 0.6 is 0 Å². The lowest BCUT2D eigenvalue weighted by atomic mass is 10.0. The largest absolute Gasteiger partial charge is 0.508 e. The maximum atomic E-state index is 9.42. The maximum absolute atomic E-state index is 9.42. The molecule has 0 saturated carbocycles. The van der Waals surface area contributed by atoms with E-state index < -0.39 is 0 Å². The van der Waals surface area contributed by atoms with E-state index in [1.54, 1.807) is 0 Å². The van der Waals surface area contributed by atoms with Gasteiger partial charge in [-0.2, -0.15) is 0 Å². The molecule has 1 rings (SSSR count). The Labute approximate surface area is 76.5 Å². The van der Waals surface area contributed by atoms with E-state index >= 15 is 0 Å². The average molecular weight is 183 g/mol. The molecule has 4 heteroatoms. The fraction of sp³-hybridized carbons (Fsp3) is 0.333. The van der Waals surface area contributed by atoms with Crippen molar-refractivity contribution in [2.24, 2.45) is 5.90 Å². The number of hydrogen-bond acceptors (Lipinski definition) is 4. The highest BCUT2D eigenvalue weighted by Gasteiger charge is 2.10. The molecule has 0 bridgehead atoms. The van der Waals surface area contributed by atoms with Crippen LogP contribution in [0, 0.1) is 0 Å². The molecule has 0 spiro atoms. The van der Waals surface area contributed by atoms with Crippen LogP contribution in [-0.2, 0) is 4.84 Å². The third-order valence-electron chi connectivity index (χ3n) is 1.89. The van der Waals surface area contributed by atoms with E-state index in [1.165, 1.54) is 18.2 Å². The van der Waals surface area contributed by atoms with E-state index in [4.69, 9.17) is 5.90 Å². The monoisotopic (exact) mass is 183 g/mol. The quantitative estimate of drug-likeness (QED) is 0.484. The van der Waals surface area contributed by atoms with Crippen LogP contribution in [-0.4, -0.2) is 16.8 Å². The lowest BCUT2D eigenvalue weighted by molar-refractivity contribution is 0.126. The molecule has 72 valence electrons. The summed E-state index contributed by atoms with van der Waals surface area (Å²) >= 11 is 0. The van der Waals surface area contributed by atoms with Gasteiger partial charge in [-0.25, -0.2) is 5.90 Å². The molecule has 1 aromatic carbocycles. The Balaban J connectivity index is 2.91. The minimum absolute atomic E-state index is 0.0444.